The fraction of sp³-hybridized carbons (Fsp3) is 0.538. The Hall–Kier alpha value is -0.800. The topological polar surface area (TPSA) is 15.3 Å². The maximum atomic E-state index is 13.8. The third-order valence-corrected chi connectivity index (χ3v) is 4.31. The molecule has 0 bridgehead atoms. The van der Waals surface area contributed by atoms with Crippen molar-refractivity contribution in [2.45, 2.75) is 12.8 Å². The van der Waals surface area contributed by atoms with Crippen molar-refractivity contribution in [3.8, 4) is 0 Å². The monoisotopic (exact) mass is 254 g/mol. The van der Waals surface area contributed by atoms with Crippen molar-refractivity contribution in [1.29, 1.82) is 0 Å². The highest BCUT2D eigenvalue weighted by atomic mass is 35.5. The maximum absolute atomic E-state index is 13.8. The number of anilines is 1. The van der Waals surface area contributed by atoms with Gasteiger partial charge in [-0.15, -0.1) is 0 Å². The van der Waals surface area contributed by atoms with E-state index in [1.807, 2.05) is 0 Å². The molecule has 0 saturated carbocycles. The zero-order valence-electron chi connectivity index (χ0n) is 9.68. The molecule has 0 unspecified atom stereocenters. The number of piperidine rings is 1. The van der Waals surface area contributed by atoms with E-state index in [4.69, 9.17) is 11.6 Å². The van der Waals surface area contributed by atoms with Gasteiger partial charge < -0.3 is 10.2 Å². The van der Waals surface area contributed by atoms with E-state index < -0.39 is 0 Å². The normalized spacial score (nSPS) is 22.6. The smallest absolute Gasteiger partial charge is 0.147 e. The quantitative estimate of drug-likeness (QED) is 0.829. The Morgan fingerprint density at radius 3 is 2.47 bits per heavy atom. The second-order valence-corrected chi connectivity index (χ2v) is 5.62. The predicted molar refractivity (Wildman–Crippen MR) is 68.2 cm³/mol. The van der Waals surface area contributed by atoms with Crippen LogP contribution in [-0.4, -0.2) is 26.2 Å². The number of hydrogen-bond acceptors (Lipinski definition) is 2. The summed E-state index contributed by atoms with van der Waals surface area (Å²) in [6, 6.07) is 4.94. The molecule has 1 aromatic rings. The first kappa shape index (κ1) is 11.3. The van der Waals surface area contributed by atoms with Gasteiger partial charge in [-0.3, -0.25) is 0 Å². The van der Waals surface area contributed by atoms with Gasteiger partial charge in [-0.05, 0) is 36.5 Å². The van der Waals surface area contributed by atoms with Gasteiger partial charge in [0, 0.05) is 31.2 Å². The molecule has 2 saturated heterocycles. The Bertz CT molecular complexity index is 421. The van der Waals surface area contributed by atoms with Gasteiger partial charge in [0.05, 0.1) is 5.69 Å². The van der Waals surface area contributed by atoms with Gasteiger partial charge in [0.25, 0.3) is 0 Å². The molecule has 1 N–H and O–H groups in total. The molecule has 2 aliphatic rings. The molecule has 0 aromatic heterocycles. The number of nitrogens with one attached hydrogen (secondary N) is 1. The largest absolute Gasteiger partial charge is 0.369 e. The van der Waals surface area contributed by atoms with Crippen LogP contribution in [0.15, 0.2) is 18.2 Å². The number of halogens is 2. The average molecular weight is 255 g/mol. The van der Waals surface area contributed by atoms with Gasteiger partial charge in [-0.1, -0.05) is 11.6 Å². The summed E-state index contributed by atoms with van der Waals surface area (Å²) in [6.07, 6.45) is 2.31. The summed E-state index contributed by atoms with van der Waals surface area (Å²) in [5.74, 6) is -0.208. The third kappa shape index (κ3) is 2.02. The van der Waals surface area contributed by atoms with E-state index in [0.29, 0.717) is 16.1 Å². The fourth-order valence-electron chi connectivity index (χ4n) is 2.79. The molecular weight excluding hydrogens is 239 g/mol. The van der Waals surface area contributed by atoms with Gasteiger partial charge in [-0.25, -0.2) is 4.39 Å². The van der Waals surface area contributed by atoms with Crippen LogP contribution in [0.3, 0.4) is 0 Å². The molecule has 4 heteroatoms. The lowest BCUT2D eigenvalue weighted by Crippen LogP contribution is -2.58. The predicted octanol–water partition coefficient (Wildman–Crippen LogP) is 2.67. The van der Waals surface area contributed by atoms with Crippen LogP contribution < -0.4 is 10.2 Å². The number of rotatable bonds is 1. The highest BCUT2D eigenvalue weighted by Crippen LogP contribution is 2.37. The number of nitrogens with zero attached hydrogens (tertiary/aromatic N) is 1. The van der Waals surface area contributed by atoms with Crippen molar-refractivity contribution < 1.29 is 4.39 Å². The summed E-state index contributed by atoms with van der Waals surface area (Å²) in [4.78, 5) is 2.13. The molecule has 3 rings (SSSR count). The molecule has 1 aromatic carbocycles. The first-order valence-electron chi connectivity index (χ1n) is 6.09. The lowest BCUT2D eigenvalue weighted by Gasteiger charge is -2.48. The summed E-state index contributed by atoms with van der Waals surface area (Å²) < 4.78 is 13.8. The van der Waals surface area contributed by atoms with Gasteiger partial charge in [0.2, 0.25) is 0 Å². The van der Waals surface area contributed by atoms with E-state index in [2.05, 4.69) is 10.2 Å². The Kier molecular flexibility index (Phi) is 2.75. The molecular formula is C13H16ClFN2. The van der Waals surface area contributed by atoms with Crippen molar-refractivity contribution in [2.24, 2.45) is 5.41 Å². The van der Waals surface area contributed by atoms with Crippen molar-refractivity contribution in [3.63, 3.8) is 0 Å². The highest BCUT2D eigenvalue weighted by Gasteiger charge is 2.39. The molecule has 17 heavy (non-hydrogen) atoms. The van der Waals surface area contributed by atoms with Crippen molar-refractivity contribution >= 4 is 17.3 Å². The Morgan fingerprint density at radius 2 is 1.94 bits per heavy atom. The van der Waals surface area contributed by atoms with Crippen molar-refractivity contribution in [2.75, 3.05) is 31.1 Å². The van der Waals surface area contributed by atoms with E-state index in [9.17, 15) is 4.39 Å². The lowest BCUT2D eigenvalue weighted by molar-refractivity contribution is 0.126. The van der Waals surface area contributed by atoms with Crippen LogP contribution in [0.1, 0.15) is 12.8 Å². The first-order chi connectivity index (χ1) is 8.19. The van der Waals surface area contributed by atoms with Crippen molar-refractivity contribution in [1.82, 2.24) is 5.32 Å². The summed E-state index contributed by atoms with van der Waals surface area (Å²) in [5, 5.41) is 3.80. The Morgan fingerprint density at radius 1 is 1.24 bits per heavy atom. The van der Waals surface area contributed by atoms with Gasteiger partial charge in [0.1, 0.15) is 5.82 Å². The average Bonchev–Trinajstić information content (AvgIpc) is 2.27. The summed E-state index contributed by atoms with van der Waals surface area (Å²) in [5.41, 5.74) is 1.19. The molecule has 1 spiro atoms. The highest BCUT2D eigenvalue weighted by molar-refractivity contribution is 6.30. The minimum absolute atomic E-state index is 0.208. The molecule has 0 amide bonds. The van der Waals surface area contributed by atoms with Crippen LogP contribution in [-0.2, 0) is 0 Å². The minimum atomic E-state index is -0.208. The van der Waals surface area contributed by atoms with Crippen LogP contribution in [0.2, 0.25) is 5.02 Å². The van der Waals surface area contributed by atoms with E-state index in [1.54, 1.807) is 12.1 Å². The van der Waals surface area contributed by atoms with Crippen LogP contribution in [0.25, 0.3) is 0 Å². The molecule has 2 aliphatic heterocycles. The minimum Gasteiger partial charge on any atom is -0.369 e. The van der Waals surface area contributed by atoms with E-state index in [-0.39, 0.29) is 5.82 Å². The maximum Gasteiger partial charge on any atom is 0.147 e. The number of benzene rings is 1. The molecule has 2 nitrogen and oxygen atoms in total. The molecule has 92 valence electrons. The molecule has 0 aliphatic carbocycles. The summed E-state index contributed by atoms with van der Waals surface area (Å²) >= 11 is 5.77. The van der Waals surface area contributed by atoms with Crippen molar-refractivity contribution in [3.05, 3.63) is 29.0 Å². The summed E-state index contributed by atoms with van der Waals surface area (Å²) in [6.45, 7) is 4.15. The Balaban J connectivity index is 1.73. The SMILES string of the molecule is Fc1cc(Cl)ccc1N1CCC2(CC1)CNC2. The third-order valence-electron chi connectivity index (χ3n) is 4.07. The Labute approximate surface area is 106 Å². The standard InChI is InChI=1S/C13H16ClFN2/c14-10-1-2-12(11(15)7-10)17-5-3-13(4-6-17)8-16-9-13/h1-2,7,16H,3-6,8-9H2. The van der Waals surface area contributed by atoms with Crippen LogP contribution in [0, 0.1) is 11.2 Å². The molecule has 0 radical (unpaired) electrons. The molecule has 2 heterocycles. The zero-order valence-corrected chi connectivity index (χ0v) is 10.4. The fourth-order valence-corrected chi connectivity index (χ4v) is 2.95. The first-order valence-corrected chi connectivity index (χ1v) is 6.47. The van der Waals surface area contributed by atoms with Gasteiger partial charge in [-0.2, -0.15) is 0 Å². The van der Waals surface area contributed by atoms with E-state index in [1.165, 1.54) is 6.07 Å². The van der Waals surface area contributed by atoms with Crippen LogP contribution in [0.4, 0.5) is 10.1 Å². The van der Waals surface area contributed by atoms with Crippen LogP contribution >= 0.6 is 11.6 Å². The second-order valence-electron chi connectivity index (χ2n) is 5.19. The summed E-state index contributed by atoms with van der Waals surface area (Å²) in [7, 11) is 0. The molecule has 0 atom stereocenters. The lowest BCUT2D eigenvalue weighted by atomic mass is 9.73. The van der Waals surface area contributed by atoms with Gasteiger partial charge in [0.15, 0.2) is 0 Å². The van der Waals surface area contributed by atoms with Crippen LogP contribution in [0.5, 0.6) is 0 Å². The van der Waals surface area contributed by atoms with Gasteiger partial charge >= 0.3 is 0 Å². The zero-order chi connectivity index (χ0) is 11.9. The molecule has 2 fully saturated rings. The van der Waals surface area contributed by atoms with E-state index >= 15 is 0 Å². The number of hydrogen-bond donors (Lipinski definition) is 1. The second kappa shape index (κ2) is 4.14. The van der Waals surface area contributed by atoms with E-state index in [0.717, 1.165) is 39.0 Å².